The van der Waals surface area contributed by atoms with E-state index in [9.17, 15) is 24.6 Å². The van der Waals surface area contributed by atoms with Crippen LogP contribution in [0, 0.1) is 5.41 Å². The van der Waals surface area contributed by atoms with E-state index < -0.39 is 36.6 Å². The lowest BCUT2D eigenvalue weighted by molar-refractivity contribution is -0.148. The summed E-state index contributed by atoms with van der Waals surface area (Å²) in [6, 6.07) is -0.730. The summed E-state index contributed by atoms with van der Waals surface area (Å²) in [5.41, 5.74) is -0.270. The van der Waals surface area contributed by atoms with Gasteiger partial charge >= 0.3 is 0 Å². The topological polar surface area (TPSA) is 161 Å². The molecule has 13 heteroatoms. The van der Waals surface area contributed by atoms with Crippen LogP contribution in [0.4, 0.5) is 0 Å². The van der Waals surface area contributed by atoms with Crippen molar-refractivity contribution in [2.45, 2.75) is 89.2 Å². The number of H-pyrrole nitrogens is 1. The molecule has 5 heterocycles. The fourth-order valence-electron chi connectivity index (χ4n) is 6.18. The standard InChI is InChI=1S/C27H42N6O7/c1-27(2,3)10-23(35)33-13-17-12-31(6-7-39-17)26(38)18-8-16(11-32(18)15-21-28-4-5-29-21)30-22(34)9-19-24(36)25(37)20(14-33)40-19/h4-5,16-20,24-25,36-37H,6-15H2,1-3H3,(H,28,29)(H,30,34)/t16-,17-,18-,19-,20+,24-,25+/m0/s1. The molecular formula is C27H42N6O7. The van der Waals surface area contributed by atoms with Gasteiger partial charge in [0.2, 0.25) is 17.7 Å². The van der Waals surface area contributed by atoms with Crippen molar-refractivity contribution in [1.29, 1.82) is 0 Å². The molecule has 222 valence electrons. The number of carbonyl (C=O) groups excluding carboxylic acids is 3. The van der Waals surface area contributed by atoms with Crippen LogP contribution in [0.15, 0.2) is 12.4 Å². The molecule has 13 nitrogen and oxygen atoms in total. The van der Waals surface area contributed by atoms with Crippen molar-refractivity contribution in [1.82, 2.24) is 30.0 Å². The first kappa shape index (κ1) is 28.9. The first-order chi connectivity index (χ1) is 19.0. The Balaban J connectivity index is 1.41. The van der Waals surface area contributed by atoms with Crippen molar-refractivity contribution < 1.29 is 34.1 Å². The Morgan fingerprint density at radius 2 is 1.90 bits per heavy atom. The largest absolute Gasteiger partial charge is 0.388 e. The molecule has 7 atom stereocenters. The number of aliphatic hydroxyl groups excluding tert-OH is 2. The third-order valence-corrected chi connectivity index (χ3v) is 8.12. The lowest BCUT2D eigenvalue weighted by atomic mass is 9.91. The van der Waals surface area contributed by atoms with E-state index in [4.69, 9.17) is 9.47 Å². The van der Waals surface area contributed by atoms with Crippen molar-refractivity contribution in [2.75, 3.05) is 39.3 Å². The smallest absolute Gasteiger partial charge is 0.240 e. The van der Waals surface area contributed by atoms with Gasteiger partial charge in [-0.3, -0.25) is 19.3 Å². The summed E-state index contributed by atoms with van der Waals surface area (Å²) in [5, 5.41) is 24.5. The van der Waals surface area contributed by atoms with E-state index in [1.807, 2.05) is 25.7 Å². The van der Waals surface area contributed by atoms with E-state index >= 15 is 0 Å². The minimum absolute atomic E-state index is 0.0366. The number of likely N-dealkylation sites (tertiary alicyclic amines) is 1. The monoisotopic (exact) mass is 562 g/mol. The van der Waals surface area contributed by atoms with Crippen molar-refractivity contribution in [2.24, 2.45) is 5.41 Å². The molecule has 0 unspecified atom stereocenters. The normalized spacial score (nSPS) is 34.3. The van der Waals surface area contributed by atoms with Crippen LogP contribution in [0.5, 0.6) is 0 Å². The number of hydrogen-bond acceptors (Lipinski definition) is 9. The van der Waals surface area contributed by atoms with Crippen molar-refractivity contribution >= 4 is 17.7 Å². The molecular weight excluding hydrogens is 520 g/mol. The highest BCUT2D eigenvalue weighted by atomic mass is 16.5. The minimum Gasteiger partial charge on any atom is -0.388 e. The summed E-state index contributed by atoms with van der Waals surface area (Å²) in [4.78, 5) is 53.1. The van der Waals surface area contributed by atoms with Crippen LogP contribution in [0.1, 0.15) is 45.9 Å². The van der Waals surface area contributed by atoms with Gasteiger partial charge in [0.15, 0.2) is 0 Å². The van der Waals surface area contributed by atoms with Crippen LogP contribution in [0.25, 0.3) is 0 Å². The van der Waals surface area contributed by atoms with E-state index in [0.29, 0.717) is 39.2 Å². The van der Waals surface area contributed by atoms with Crippen LogP contribution < -0.4 is 5.32 Å². The molecule has 40 heavy (non-hydrogen) atoms. The van der Waals surface area contributed by atoms with Gasteiger partial charge in [0.1, 0.15) is 24.1 Å². The Kier molecular flexibility index (Phi) is 8.48. The minimum atomic E-state index is -1.26. The summed E-state index contributed by atoms with van der Waals surface area (Å²) in [6.07, 6.45) is -0.733. The molecule has 4 saturated heterocycles. The van der Waals surface area contributed by atoms with Crippen LogP contribution in [-0.2, 0) is 30.4 Å². The Labute approximate surface area is 234 Å². The number of morpholine rings is 1. The average Bonchev–Trinajstić information content (AvgIpc) is 3.60. The molecule has 1 aromatic heterocycles. The number of amides is 3. The number of rotatable bonds is 3. The fourth-order valence-corrected chi connectivity index (χ4v) is 6.18. The first-order valence-corrected chi connectivity index (χ1v) is 14.2. The lowest BCUT2D eigenvalue weighted by Crippen LogP contribution is -2.55. The van der Waals surface area contributed by atoms with Crippen LogP contribution in [-0.4, -0.2) is 135 Å². The zero-order valence-electron chi connectivity index (χ0n) is 23.5. The highest BCUT2D eigenvalue weighted by molar-refractivity contribution is 5.83. The Morgan fingerprint density at radius 1 is 1.12 bits per heavy atom. The Hall–Kier alpha value is -2.58. The van der Waals surface area contributed by atoms with Gasteiger partial charge in [0, 0.05) is 57.6 Å². The molecule has 4 aliphatic rings. The molecule has 5 rings (SSSR count). The third-order valence-electron chi connectivity index (χ3n) is 8.12. The maximum absolute atomic E-state index is 13.8. The summed E-state index contributed by atoms with van der Waals surface area (Å²) in [6.45, 7) is 8.17. The number of aromatic amines is 1. The van der Waals surface area contributed by atoms with Gasteiger partial charge in [-0.05, 0) is 11.8 Å². The predicted molar refractivity (Wildman–Crippen MR) is 142 cm³/mol. The summed E-state index contributed by atoms with van der Waals surface area (Å²) < 4.78 is 12.0. The van der Waals surface area contributed by atoms with E-state index in [0.717, 1.165) is 5.82 Å². The molecule has 0 aromatic carbocycles. The summed E-state index contributed by atoms with van der Waals surface area (Å²) in [7, 11) is 0. The molecule has 4 fully saturated rings. The zero-order chi connectivity index (χ0) is 28.6. The quantitative estimate of drug-likeness (QED) is 0.357. The highest BCUT2D eigenvalue weighted by Crippen LogP contribution is 2.28. The average molecular weight is 563 g/mol. The Morgan fingerprint density at radius 3 is 2.62 bits per heavy atom. The van der Waals surface area contributed by atoms with Gasteiger partial charge in [-0.1, -0.05) is 20.8 Å². The molecule has 1 aromatic rings. The number of aliphatic hydroxyl groups is 2. The van der Waals surface area contributed by atoms with Gasteiger partial charge in [-0.15, -0.1) is 0 Å². The second-order valence-corrected chi connectivity index (χ2v) is 12.7. The number of nitrogens with zero attached hydrogens (tertiary/aromatic N) is 4. The van der Waals surface area contributed by atoms with Crippen molar-refractivity contribution in [3.63, 3.8) is 0 Å². The van der Waals surface area contributed by atoms with Gasteiger partial charge in [0.25, 0.3) is 0 Å². The Bertz CT molecular complexity index is 1060. The molecule has 0 saturated carbocycles. The summed E-state index contributed by atoms with van der Waals surface area (Å²) in [5.74, 6) is 0.235. The van der Waals surface area contributed by atoms with Gasteiger partial charge in [0.05, 0.1) is 37.8 Å². The fraction of sp³-hybridized carbons (Fsp3) is 0.778. The maximum Gasteiger partial charge on any atom is 0.240 e. The third kappa shape index (κ3) is 6.65. The van der Waals surface area contributed by atoms with E-state index in [1.165, 1.54) is 0 Å². The summed E-state index contributed by atoms with van der Waals surface area (Å²) >= 11 is 0. The van der Waals surface area contributed by atoms with Gasteiger partial charge in [-0.25, -0.2) is 4.98 Å². The lowest BCUT2D eigenvalue weighted by Gasteiger charge is -2.39. The van der Waals surface area contributed by atoms with E-state index in [2.05, 4.69) is 15.3 Å². The first-order valence-electron chi connectivity index (χ1n) is 14.2. The number of hydrogen-bond donors (Lipinski definition) is 4. The van der Waals surface area contributed by atoms with E-state index in [-0.39, 0.29) is 55.1 Å². The number of aromatic nitrogens is 2. The maximum atomic E-state index is 13.8. The second-order valence-electron chi connectivity index (χ2n) is 12.7. The van der Waals surface area contributed by atoms with Crippen LogP contribution in [0.2, 0.25) is 0 Å². The molecule has 3 amide bonds. The molecule has 0 aliphatic carbocycles. The SMILES string of the molecule is CC(C)(C)CC(=O)N1C[C@@H]2CN(CCO2)C(=O)[C@@H]2C[C@@H](CN2Cc2ncc[nH]2)NC(=O)C[C@@H]2O[C@H](C1)[C@@H](O)[C@H]2O. The predicted octanol–water partition coefficient (Wildman–Crippen LogP) is -1.15. The second kappa shape index (κ2) is 11.7. The molecule has 6 bridgehead atoms. The zero-order valence-corrected chi connectivity index (χ0v) is 23.5. The number of nitrogens with one attached hydrogen (secondary N) is 2. The van der Waals surface area contributed by atoms with E-state index in [1.54, 1.807) is 22.2 Å². The molecule has 4 N–H and O–H groups in total. The van der Waals surface area contributed by atoms with Crippen LogP contribution >= 0.6 is 0 Å². The number of fused-ring (bicyclic) bond motifs is 6. The molecule has 0 radical (unpaired) electrons. The van der Waals surface area contributed by atoms with Crippen molar-refractivity contribution in [3.8, 4) is 0 Å². The van der Waals surface area contributed by atoms with Crippen molar-refractivity contribution in [3.05, 3.63) is 18.2 Å². The number of ether oxygens (including phenoxy) is 2. The highest BCUT2D eigenvalue weighted by Gasteiger charge is 2.46. The number of imidazole rings is 1. The van der Waals surface area contributed by atoms with Crippen LogP contribution in [0.3, 0.4) is 0 Å². The number of carbonyl (C=O) groups is 3. The molecule has 4 aliphatic heterocycles. The van der Waals surface area contributed by atoms with Gasteiger partial charge in [-0.2, -0.15) is 0 Å². The van der Waals surface area contributed by atoms with Gasteiger partial charge < -0.3 is 39.8 Å². The molecule has 0 spiro atoms.